The van der Waals surface area contributed by atoms with Crippen LogP contribution in [0.25, 0.3) is 22.0 Å². The highest BCUT2D eigenvalue weighted by atomic mass is 79.9. The Morgan fingerprint density at radius 3 is 2.39 bits per heavy atom. The summed E-state index contributed by atoms with van der Waals surface area (Å²) in [5, 5.41) is 6.71. The summed E-state index contributed by atoms with van der Waals surface area (Å²) in [5.41, 5.74) is 4.26. The van der Waals surface area contributed by atoms with E-state index in [2.05, 4.69) is 26.0 Å². The van der Waals surface area contributed by atoms with Crippen LogP contribution in [0.15, 0.2) is 88.4 Å². The number of H-pyrrole nitrogens is 1. The van der Waals surface area contributed by atoms with Gasteiger partial charge < -0.3 is 4.98 Å². The van der Waals surface area contributed by atoms with Crippen LogP contribution in [0, 0.1) is 0 Å². The van der Waals surface area contributed by atoms with Gasteiger partial charge in [0, 0.05) is 28.0 Å². The van der Waals surface area contributed by atoms with Crippen LogP contribution >= 0.6 is 15.9 Å². The van der Waals surface area contributed by atoms with Crippen LogP contribution in [0.1, 0.15) is 16.1 Å². The third-order valence-corrected chi connectivity index (χ3v) is 5.05. The first kappa shape index (κ1) is 18.2. The quantitative estimate of drug-likeness (QED) is 0.326. The van der Waals surface area contributed by atoms with E-state index in [1.54, 1.807) is 13.3 Å². The van der Waals surface area contributed by atoms with Gasteiger partial charge in [0.05, 0.1) is 6.21 Å². The number of hydrazone groups is 1. The Balaban J connectivity index is 1.72. The van der Waals surface area contributed by atoms with E-state index in [0.717, 1.165) is 32.1 Å². The lowest BCUT2D eigenvalue weighted by atomic mass is 10.0. The summed E-state index contributed by atoms with van der Waals surface area (Å²) in [6.45, 7) is 0. The van der Waals surface area contributed by atoms with E-state index in [1.165, 1.54) is 5.01 Å². The second-order valence-electron chi connectivity index (χ2n) is 6.41. The minimum Gasteiger partial charge on any atom is -0.350 e. The van der Waals surface area contributed by atoms with Gasteiger partial charge >= 0.3 is 0 Å². The van der Waals surface area contributed by atoms with Crippen molar-refractivity contribution in [3.05, 3.63) is 94.6 Å². The lowest BCUT2D eigenvalue weighted by Crippen LogP contribution is -2.22. The first-order valence-electron chi connectivity index (χ1n) is 8.87. The van der Waals surface area contributed by atoms with E-state index in [-0.39, 0.29) is 5.91 Å². The Morgan fingerprint density at radius 2 is 1.64 bits per heavy atom. The maximum absolute atomic E-state index is 13.2. The van der Waals surface area contributed by atoms with Gasteiger partial charge in [-0.3, -0.25) is 4.79 Å². The molecule has 0 unspecified atom stereocenters. The van der Waals surface area contributed by atoms with E-state index in [0.29, 0.717) is 5.69 Å². The highest BCUT2D eigenvalue weighted by Crippen LogP contribution is 2.33. The number of aromatic nitrogens is 1. The van der Waals surface area contributed by atoms with Gasteiger partial charge in [0.15, 0.2) is 0 Å². The number of carbonyl (C=O) groups excluding carboxylic acids is 1. The summed E-state index contributed by atoms with van der Waals surface area (Å²) in [4.78, 5) is 16.4. The molecular weight excluding hydrogens is 414 g/mol. The summed E-state index contributed by atoms with van der Waals surface area (Å²) < 4.78 is 1.000. The molecule has 0 saturated carbocycles. The van der Waals surface area contributed by atoms with Crippen molar-refractivity contribution in [2.75, 3.05) is 7.05 Å². The maximum atomic E-state index is 13.2. The number of rotatable bonds is 4. The molecule has 0 aliphatic rings. The van der Waals surface area contributed by atoms with Crippen LogP contribution < -0.4 is 0 Å². The van der Waals surface area contributed by atoms with Crippen LogP contribution in [0.2, 0.25) is 0 Å². The molecule has 0 spiro atoms. The van der Waals surface area contributed by atoms with E-state index >= 15 is 0 Å². The lowest BCUT2D eigenvalue weighted by molar-refractivity contribution is 0.0796. The molecule has 0 fully saturated rings. The molecule has 138 valence electrons. The number of hydrogen-bond acceptors (Lipinski definition) is 2. The summed E-state index contributed by atoms with van der Waals surface area (Å²) in [7, 11) is 1.66. The number of carbonyl (C=O) groups is 1. The average Bonchev–Trinajstić information content (AvgIpc) is 3.12. The molecule has 4 rings (SSSR count). The molecule has 0 aliphatic carbocycles. The number of amides is 1. The highest BCUT2D eigenvalue weighted by Gasteiger charge is 2.21. The fraction of sp³-hybridized carbons (Fsp3) is 0.0435. The van der Waals surface area contributed by atoms with Crippen molar-refractivity contribution >= 4 is 39.0 Å². The van der Waals surface area contributed by atoms with Crippen LogP contribution in [-0.2, 0) is 0 Å². The largest absolute Gasteiger partial charge is 0.350 e. The van der Waals surface area contributed by atoms with Gasteiger partial charge in [-0.25, -0.2) is 5.01 Å². The van der Waals surface area contributed by atoms with Crippen molar-refractivity contribution in [2.24, 2.45) is 5.10 Å². The number of hydrogen-bond donors (Lipinski definition) is 1. The molecule has 5 heteroatoms. The monoisotopic (exact) mass is 431 g/mol. The van der Waals surface area contributed by atoms with Crippen molar-refractivity contribution < 1.29 is 4.79 Å². The lowest BCUT2D eigenvalue weighted by Gasteiger charge is -2.12. The van der Waals surface area contributed by atoms with E-state index in [9.17, 15) is 4.79 Å². The minimum absolute atomic E-state index is 0.191. The second-order valence-corrected chi connectivity index (χ2v) is 7.33. The number of aromatic amines is 1. The normalized spacial score (nSPS) is 11.2. The van der Waals surface area contributed by atoms with Crippen molar-refractivity contribution in [3.8, 4) is 11.1 Å². The standard InChI is InChI=1S/C23H18BrN3O/c1-27(25-15-16-11-13-18(24)14-12-16)23(28)22-21(17-7-3-2-4-8-17)19-9-5-6-10-20(19)26-22/h2-15,26H,1H3. The zero-order chi connectivity index (χ0) is 19.5. The number of nitrogens with one attached hydrogen (secondary N) is 1. The zero-order valence-electron chi connectivity index (χ0n) is 15.3. The molecule has 1 heterocycles. The average molecular weight is 432 g/mol. The van der Waals surface area contributed by atoms with E-state index in [1.807, 2.05) is 78.9 Å². The molecule has 0 bridgehead atoms. The summed E-state index contributed by atoms with van der Waals surface area (Å²) in [6, 6.07) is 25.6. The van der Waals surface area contributed by atoms with Gasteiger partial charge in [-0.1, -0.05) is 76.6 Å². The number of para-hydroxylation sites is 1. The first-order valence-corrected chi connectivity index (χ1v) is 9.66. The predicted octanol–water partition coefficient (Wildman–Crippen LogP) is 5.70. The fourth-order valence-corrected chi connectivity index (χ4v) is 3.39. The summed E-state index contributed by atoms with van der Waals surface area (Å²) in [6.07, 6.45) is 1.68. The van der Waals surface area contributed by atoms with Crippen LogP contribution in [0.5, 0.6) is 0 Å². The fourth-order valence-electron chi connectivity index (χ4n) is 3.12. The van der Waals surface area contributed by atoms with Gasteiger partial charge in [0.1, 0.15) is 5.69 Å². The van der Waals surface area contributed by atoms with Crippen molar-refractivity contribution in [1.82, 2.24) is 9.99 Å². The molecule has 0 aliphatic heterocycles. The van der Waals surface area contributed by atoms with Crippen LogP contribution in [-0.4, -0.2) is 29.2 Å². The topological polar surface area (TPSA) is 48.5 Å². The van der Waals surface area contributed by atoms with Gasteiger partial charge in [-0.15, -0.1) is 0 Å². The molecule has 1 aromatic heterocycles. The molecule has 0 atom stereocenters. The Hall–Kier alpha value is -3.18. The molecule has 3 aromatic carbocycles. The third-order valence-electron chi connectivity index (χ3n) is 4.53. The molecule has 0 radical (unpaired) electrons. The summed E-state index contributed by atoms with van der Waals surface area (Å²) in [5.74, 6) is -0.191. The molecule has 4 aromatic rings. The van der Waals surface area contributed by atoms with Crippen molar-refractivity contribution in [3.63, 3.8) is 0 Å². The molecule has 28 heavy (non-hydrogen) atoms. The predicted molar refractivity (Wildman–Crippen MR) is 118 cm³/mol. The Bertz CT molecular complexity index is 1150. The van der Waals surface area contributed by atoms with Gasteiger partial charge in [0.2, 0.25) is 0 Å². The van der Waals surface area contributed by atoms with Crippen molar-refractivity contribution in [2.45, 2.75) is 0 Å². The number of nitrogens with zero attached hydrogens (tertiary/aromatic N) is 2. The first-order chi connectivity index (χ1) is 13.6. The minimum atomic E-state index is -0.191. The zero-order valence-corrected chi connectivity index (χ0v) is 16.8. The molecule has 0 saturated heterocycles. The summed E-state index contributed by atoms with van der Waals surface area (Å²) >= 11 is 3.41. The number of halogens is 1. The van der Waals surface area contributed by atoms with Gasteiger partial charge in [0.25, 0.3) is 5.91 Å². The molecule has 1 amide bonds. The van der Waals surface area contributed by atoms with Gasteiger partial charge in [-0.2, -0.15) is 5.10 Å². The van der Waals surface area contributed by atoms with Crippen LogP contribution in [0.4, 0.5) is 0 Å². The Kier molecular flexibility index (Phi) is 5.08. The molecule has 4 nitrogen and oxygen atoms in total. The van der Waals surface area contributed by atoms with Crippen molar-refractivity contribution in [1.29, 1.82) is 0 Å². The van der Waals surface area contributed by atoms with E-state index < -0.39 is 0 Å². The Morgan fingerprint density at radius 1 is 0.964 bits per heavy atom. The maximum Gasteiger partial charge on any atom is 0.290 e. The SMILES string of the molecule is CN(N=Cc1ccc(Br)cc1)C(=O)c1[nH]c2ccccc2c1-c1ccccc1. The smallest absolute Gasteiger partial charge is 0.290 e. The number of fused-ring (bicyclic) bond motifs is 1. The number of benzene rings is 3. The Labute approximate surface area is 171 Å². The van der Waals surface area contributed by atoms with E-state index in [4.69, 9.17) is 0 Å². The van der Waals surface area contributed by atoms with Gasteiger partial charge in [-0.05, 0) is 29.3 Å². The molecular formula is C23H18BrN3O. The van der Waals surface area contributed by atoms with Crippen LogP contribution in [0.3, 0.4) is 0 Å². The third kappa shape index (κ3) is 3.62. The highest BCUT2D eigenvalue weighted by molar-refractivity contribution is 9.10. The molecule has 1 N–H and O–H groups in total. The second kappa shape index (κ2) is 7.82.